The van der Waals surface area contributed by atoms with Crippen LogP contribution in [0.2, 0.25) is 0 Å². The average Bonchev–Trinajstić information content (AvgIpc) is 1.55. The van der Waals surface area contributed by atoms with E-state index in [0.717, 1.165) is 263 Å². The molecule has 0 heterocycles. The van der Waals surface area contributed by atoms with E-state index in [4.69, 9.17) is 0 Å². The SMILES string of the molecule is C/C=C1\CCC2C3CCC4=CC(=O)CCC4C3CC[C@@]12C.C/C=C1\CCC2C3CCC4=CC(C)CCC4C3CC[C@@]12C.CC(=O)[C@@H]1CCC2C3CCC4=CC(=O)CCC4C3CC[C@]21C.CC(O)[C@@H]1CCC2C3CCC4=CC(=O)CCC4C3CC[C@]21C.CC1C=C2CCC3C(CC[C@@]4(C)C(=O)CCC34)C2CC1.CC1C=C2CCC3C(CC[C@]4(C)C3CC[C@H]4C(C)O)C2CC1.C[C@@]12CCC3C4CCC(=O)C=C4CCC3C1CCC2=O. The number of Topliss-reactive ketones (excluding diaryl/α,β-unsaturated/α-hetero) is 3. The molecule has 0 spiro atoms. The molecule has 28 aliphatic rings. The number of aliphatic hydroxyl groups excluding tert-OH is 2. The maximum atomic E-state index is 12.3. The Morgan fingerprint density at radius 3 is 0.811 bits per heavy atom. The number of hydrogen-bond donors (Lipinski definition) is 2. The van der Waals surface area contributed by atoms with E-state index in [0.29, 0.717) is 104 Å². The molecule has 0 aromatic rings. The minimum Gasteiger partial charge on any atom is -0.393 e. The molecule has 0 radical (unpaired) electrons. The summed E-state index contributed by atoms with van der Waals surface area (Å²) < 4.78 is 0. The van der Waals surface area contributed by atoms with Gasteiger partial charge in [-0.15, -0.1) is 0 Å². The molecule has 21 fully saturated rings. The highest BCUT2D eigenvalue weighted by atomic mass is 16.3. The zero-order valence-electron chi connectivity index (χ0n) is 95.8. The Morgan fingerprint density at radius 2 is 0.514 bits per heavy atom. The molecule has 814 valence electrons. The molecule has 21 saturated carbocycles. The molecule has 43 atom stereocenters. The monoisotopic (exact) mass is 2020 g/mol. The number of allylic oxidation sites excluding steroid dienone is 14. The van der Waals surface area contributed by atoms with E-state index in [1.54, 1.807) is 23.6 Å². The third kappa shape index (κ3) is 19.0. The Hall–Kier alpha value is -4.73. The van der Waals surface area contributed by atoms with Crippen molar-refractivity contribution in [1.29, 1.82) is 0 Å². The first-order valence-electron chi connectivity index (χ1n) is 64.3. The Bertz CT molecular complexity index is 5290. The predicted octanol–water partition coefficient (Wildman–Crippen LogP) is 33.3. The summed E-state index contributed by atoms with van der Waals surface area (Å²) in [7, 11) is 0. The number of aliphatic hydroxyl groups is 2. The highest BCUT2D eigenvalue weighted by Gasteiger charge is 2.65. The summed E-state index contributed by atoms with van der Waals surface area (Å²) in [4.78, 5) is 83.5. The van der Waals surface area contributed by atoms with Crippen molar-refractivity contribution in [2.24, 2.45) is 239 Å². The Labute approximate surface area is 897 Å². The fourth-order valence-electron chi connectivity index (χ4n) is 46.8. The van der Waals surface area contributed by atoms with Gasteiger partial charge in [-0.05, 0) is 602 Å². The van der Waals surface area contributed by atoms with Gasteiger partial charge >= 0.3 is 0 Å². The van der Waals surface area contributed by atoms with Gasteiger partial charge in [0.2, 0.25) is 0 Å². The zero-order chi connectivity index (χ0) is 103. The second kappa shape index (κ2) is 42.6. The van der Waals surface area contributed by atoms with E-state index in [-0.39, 0.29) is 28.5 Å². The number of fused-ring (bicyclic) bond motifs is 35. The molecule has 2 N–H and O–H groups in total. The van der Waals surface area contributed by atoms with Crippen LogP contribution in [-0.2, 0) is 33.6 Å². The van der Waals surface area contributed by atoms with E-state index in [1.807, 2.05) is 49.3 Å². The lowest BCUT2D eigenvalue weighted by molar-refractivity contribution is -0.131. The summed E-state index contributed by atoms with van der Waals surface area (Å²) in [6.07, 6.45) is 90.3. The lowest BCUT2D eigenvalue weighted by Gasteiger charge is -2.54. The first-order chi connectivity index (χ1) is 71.0. The molecule has 28 rings (SSSR count). The zero-order valence-corrected chi connectivity index (χ0v) is 95.8. The normalized spacial score (nSPS) is 49.4. The van der Waals surface area contributed by atoms with E-state index < -0.39 is 0 Å². The van der Waals surface area contributed by atoms with Crippen LogP contribution >= 0.6 is 0 Å². The molecule has 0 aromatic carbocycles. The van der Waals surface area contributed by atoms with Crippen LogP contribution in [0.1, 0.15) is 463 Å². The predicted molar refractivity (Wildman–Crippen MR) is 599 cm³/mol. The summed E-state index contributed by atoms with van der Waals surface area (Å²) >= 11 is 0. The summed E-state index contributed by atoms with van der Waals surface area (Å²) in [5.41, 5.74) is 17.1. The molecule has 0 amide bonds. The molecule has 0 saturated heterocycles. The van der Waals surface area contributed by atoms with Crippen molar-refractivity contribution in [2.75, 3.05) is 0 Å². The van der Waals surface area contributed by atoms with Gasteiger partial charge < -0.3 is 10.2 Å². The van der Waals surface area contributed by atoms with Crippen LogP contribution in [0.15, 0.2) is 105 Å². The first-order valence-corrected chi connectivity index (χ1v) is 64.3. The van der Waals surface area contributed by atoms with E-state index >= 15 is 0 Å². The van der Waals surface area contributed by atoms with Crippen molar-refractivity contribution >= 4 is 40.5 Å². The van der Waals surface area contributed by atoms with Gasteiger partial charge in [0.1, 0.15) is 17.3 Å². The van der Waals surface area contributed by atoms with Crippen LogP contribution in [0.4, 0.5) is 0 Å². The van der Waals surface area contributed by atoms with Gasteiger partial charge in [0, 0.05) is 55.3 Å². The van der Waals surface area contributed by atoms with Gasteiger partial charge in [0.05, 0.1) is 12.2 Å². The molecule has 33 unspecified atom stereocenters. The van der Waals surface area contributed by atoms with Crippen molar-refractivity contribution in [3.05, 3.63) is 105 Å². The van der Waals surface area contributed by atoms with Crippen LogP contribution in [-0.4, -0.2) is 62.9 Å². The standard InChI is InChI=1S/C21H34O.C21H32.C20H30O2.C20H28O2.C20H28O.C19H28O.C18H24O2/c1-13-4-6-16-15(12-13)5-7-18-17(16)10-11-21(3)19(14(2)22)8-9-20(18)21;1-4-16-7-10-20-19-9-6-15-13-14(2)5-8-17(15)18(19)11-12-21(16,20)3;2*1-12(21)18-7-8-19-17-5-3-13-11-14(22)4-6-15(13)16(17)9-10-20(18,19)2;1-3-14-5-9-19-18-7-4-13-12-15(21)6-8-16(13)17(18)10-11-20(14,19)2;1-12-3-5-14-13(11-12)4-6-16-15(14)9-10-19(2)17(16)7-8-18(19)20;1-18-9-8-14-13-5-3-12(19)10-11(13)2-4-15(14)16(18)6-7-17(18)20/h12-14,16-20,22H,4-11H2,1-3H3;4,13-14,17-20H,5-12H2,1-3H3;11-12,15-19,21H,3-10H2,1-2H3;11,15-19H,3-10H2,1-2H3;3,12,16-19H,4-11H2,1-2H3;11-12,14-17H,3-10H2,1-2H3;10,13-16H,2-9H2,1H3/b;16-4+;;;14-3+;;/t13?,14?,16?,17?,18?,19-,20?,21-;14?,17?,18?,19?,20?,21-;12?,15?,16?,17?,18-,19?,20-;15?,16?,17?,18-,19?,20-;16?,17?,18?,19?,20-;12?,14?,15?,16?,17?,19-;13?,14?,15?,16?,18-/m0000011/s1. The molecule has 0 aromatic heterocycles. The molecule has 148 heavy (non-hydrogen) atoms. The van der Waals surface area contributed by atoms with Crippen molar-refractivity contribution in [3.8, 4) is 0 Å². The summed E-state index contributed by atoms with van der Waals surface area (Å²) in [6, 6.07) is 0. The largest absolute Gasteiger partial charge is 0.393 e. The summed E-state index contributed by atoms with van der Waals surface area (Å²) in [5, 5.41) is 20.5. The lowest BCUT2D eigenvalue weighted by Crippen LogP contribution is -2.47. The fourth-order valence-corrected chi connectivity index (χ4v) is 46.8. The fraction of sp³-hybridized carbons (Fsp3) is 0.820. The Kier molecular flexibility index (Phi) is 30.9. The van der Waals surface area contributed by atoms with Crippen molar-refractivity contribution < 1.29 is 43.8 Å². The van der Waals surface area contributed by atoms with E-state index in [1.165, 1.54) is 279 Å². The first kappa shape index (κ1) is 107. The second-order valence-corrected chi connectivity index (χ2v) is 59.5. The highest BCUT2D eigenvalue weighted by molar-refractivity contribution is 5.93. The number of carbonyl (C=O) groups excluding carboxylic acids is 7. The van der Waals surface area contributed by atoms with Gasteiger partial charge in [0.25, 0.3) is 0 Å². The van der Waals surface area contributed by atoms with Crippen molar-refractivity contribution in [2.45, 2.75) is 476 Å². The maximum absolute atomic E-state index is 12.3. The third-order valence-electron chi connectivity index (χ3n) is 53.9. The number of ketones is 7. The number of rotatable bonds is 3. The van der Waals surface area contributed by atoms with Crippen LogP contribution < -0.4 is 0 Å². The van der Waals surface area contributed by atoms with Crippen molar-refractivity contribution in [3.63, 3.8) is 0 Å². The van der Waals surface area contributed by atoms with E-state index in [2.05, 4.69) is 113 Å². The summed E-state index contributed by atoms with van der Waals surface area (Å²) in [6.45, 7) is 34.6. The van der Waals surface area contributed by atoms with Crippen molar-refractivity contribution in [1.82, 2.24) is 0 Å². The highest BCUT2D eigenvalue weighted by Crippen LogP contribution is 2.73. The Balaban J connectivity index is 0.0000000979. The minimum absolute atomic E-state index is 0.00707. The molecule has 9 nitrogen and oxygen atoms in total. The van der Waals surface area contributed by atoms with Gasteiger partial charge in [-0.3, -0.25) is 33.6 Å². The smallest absolute Gasteiger partial charge is 0.155 e. The van der Waals surface area contributed by atoms with E-state index in [9.17, 15) is 43.8 Å². The lowest BCUT2D eigenvalue weighted by atomic mass is 9.51. The number of carbonyl (C=O) groups is 7. The minimum atomic E-state index is -0.155. The third-order valence-corrected chi connectivity index (χ3v) is 53.9. The maximum Gasteiger partial charge on any atom is 0.155 e. The molecule has 0 bridgehead atoms. The van der Waals surface area contributed by atoms with Gasteiger partial charge in [-0.1, -0.05) is 150 Å². The van der Waals surface area contributed by atoms with Crippen LogP contribution in [0, 0.1) is 239 Å². The van der Waals surface area contributed by atoms with Gasteiger partial charge in [0.15, 0.2) is 23.1 Å². The topological polar surface area (TPSA) is 160 Å². The molecule has 28 aliphatic carbocycles. The molecule has 9 heteroatoms. The Morgan fingerprint density at radius 1 is 0.264 bits per heavy atom. The molecular weight excluding hydrogens is 1810 g/mol. The summed E-state index contributed by atoms with van der Waals surface area (Å²) in [5.74, 6) is 30.4. The molecule has 0 aliphatic heterocycles. The number of hydrogen-bond acceptors (Lipinski definition) is 9. The quantitative estimate of drug-likeness (QED) is 0.262. The average molecular weight is 2020 g/mol. The van der Waals surface area contributed by atoms with Crippen LogP contribution in [0.3, 0.4) is 0 Å². The second-order valence-electron chi connectivity index (χ2n) is 59.5. The van der Waals surface area contributed by atoms with Gasteiger partial charge in [-0.25, -0.2) is 0 Å². The van der Waals surface area contributed by atoms with Crippen LogP contribution in [0.25, 0.3) is 0 Å². The van der Waals surface area contributed by atoms with Gasteiger partial charge in [-0.2, -0.15) is 0 Å². The van der Waals surface area contributed by atoms with Crippen LogP contribution in [0.5, 0.6) is 0 Å². The molecular formula is C139H204O9.